The van der Waals surface area contributed by atoms with Crippen LogP contribution < -0.4 is 0 Å². The van der Waals surface area contributed by atoms with Gasteiger partial charge in [-0.1, -0.05) is 0 Å². The average Bonchev–Trinajstić information content (AvgIpc) is 1.91. The molecule has 0 saturated heterocycles. The fraction of sp³-hybridized carbons (Fsp3) is 0.333. The summed E-state index contributed by atoms with van der Waals surface area (Å²) in [4.78, 5) is 9.72. The Balaban J connectivity index is 0. The maximum absolute atomic E-state index is 9.72. The van der Waals surface area contributed by atoms with Gasteiger partial charge < -0.3 is 5.11 Å². The molecule has 0 bridgehead atoms. The van der Waals surface area contributed by atoms with Crippen molar-refractivity contribution in [3.05, 3.63) is 0 Å². The molecule has 0 aliphatic rings. The molecule has 0 aromatic heterocycles. The largest absolute Gasteiger partial charge is 0.479 e. The first kappa shape index (κ1) is 11.7. The van der Waals surface area contributed by atoms with Crippen LogP contribution >= 0.6 is 0 Å². The number of nitrogens with zero attached hydrogens (tertiary/aromatic N) is 3. The van der Waals surface area contributed by atoms with Gasteiger partial charge in [0.2, 0.25) is 5.92 Å². The average molecular weight is 151 g/mol. The van der Waals surface area contributed by atoms with Gasteiger partial charge in [-0.3, -0.25) is 0 Å². The van der Waals surface area contributed by atoms with E-state index in [1.54, 1.807) is 6.07 Å². The van der Waals surface area contributed by atoms with E-state index in [0.717, 1.165) is 0 Å². The van der Waals surface area contributed by atoms with E-state index in [4.69, 9.17) is 20.9 Å². The molecule has 0 aliphatic heterocycles. The second-order valence-electron chi connectivity index (χ2n) is 1.25. The number of hydrogen-bond acceptors (Lipinski definition) is 4. The summed E-state index contributed by atoms with van der Waals surface area (Å²) < 4.78 is 0. The third-order valence-electron chi connectivity index (χ3n) is 0.505. The van der Waals surface area contributed by atoms with Crippen LogP contribution in [0, 0.1) is 39.9 Å². The van der Waals surface area contributed by atoms with Crippen molar-refractivity contribution in [2.24, 2.45) is 5.92 Å². The Kier molecular flexibility index (Phi) is 8.45. The molecule has 0 rings (SSSR count). The van der Waals surface area contributed by atoms with Crippen molar-refractivity contribution < 1.29 is 9.90 Å². The fourth-order valence-corrected chi connectivity index (χ4v) is 0.139. The molecule has 0 aliphatic carbocycles. The zero-order valence-corrected chi connectivity index (χ0v) is 5.77. The van der Waals surface area contributed by atoms with Gasteiger partial charge in [-0.15, -0.1) is 0 Å². The van der Waals surface area contributed by atoms with Gasteiger partial charge in [0.05, 0.1) is 18.2 Å². The Hall–Kier alpha value is -2.06. The van der Waals surface area contributed by atoms with E-state index < -0.39 is 11.9 Å². The zero-order chi connectivity index (χ0) is 9.28. The third-order valence-corrected chi connectivity index (χ3v) is 0.505. The number of carbonyl (C=O) groups is 1. The zero-order valence-electron chi connectivity index (χ0n) is 5.77. The van der Waals surface area contributed by atoms with E-state index in [-0.39, 0.29) is 0 Å². The van der Waals surface area contributed by atoms with Crippen LogP contribution in [-0.4, -0.2) is 11.1 Å². The summed E-state index contributed by atoms with van der Waals surface area (Å²) in [5.41, 5.74) is 0. The van der Waals surface area contributed by atoms with Gasteiger partial charge in [0.15, 0.2) is 0 Å². The highest BCUT2D eigenvalue weighted by molar-refractivity contribution is 5.75. The van der Waals surface area contributed by atoms with E-state index in [1.165, 1.54) is 19.1 Å². The lowest BCUT2D eigenvalue weighted by atomic mass is 10.2. The van der Waals surface area contributed by atoms with E-state index in [9.17, 15) is 4.79 Å². The smallest absolute Gasteiger partial charge is 0.335 e. The van der Waals surface area contributed by atoms with Crippen LogP contribution in [0.3, 0.4) is 0 Å². The predicted octanol–water partition coefficient (Wildman–Crippen LogP) is 0.264. The molecule has 5 nitrogen and oxygen atoms in total. The first-order chi connectivity index (χ1) is 5.13. The van der Waals surface area contributed by atoms with Crippen molar-refractivity contribution >= 4 is 5.97 Å². The predicted molar refractivity (Wildman–Crippen MR) is 33.6 cm³/mol. The Morgan fingerprint density at radius 3 is 1.64 bits per heavy atom. The summed E-state index contributed by atoms with van der Waals surface area (Å²) >= 11 is 0. The second-order valence-corrected chi connectivity index (χ2v) is 1.25. The topological polar surface area (TPSA) is 109 Å². The van der Waals surface area contributed by atoms with Crippen LogP contribution in [0.5, 0.6) is 0 Å². The molecule has 5 heteroatoms. The van der Waals surface area contributed by atoms with Crippen molar-refractivity contribution in [1.82, 2.24) is 0 Å². The van der Waals surface area contributed by atoms with E-state index in [1.807, 2.05) is 0 Å². The summed E-state index contributed by atoms with van der Waals surface area (Å²) in [5, 5.41) is 30.9. The van der Waals surface area contributed by atoms with Crippen molar-refractivity contribution in [2.75, 3.05) is 0 Å². The second kappa shape index (κ2) is 7.94. The summed E-state index contributed by atoms with van der Waals surface area (Å²) in [5.74, 6) is -2.91. The molecule has 1 N–H and O–H groups in total. The lowest BCUT2D eigenvalue weighted by Crippen LogP contribution is -2.07. The molecule has 0 amide bonds. The fourth-order valence-electron chi connectivity index (χ4n) is 0.139. The molecule has 0 radical (unpaired) electrons. The molecule has 56 valence electrons. The van der Waals surface area contributed by atoms with Gasteiger partial charge in [-0.2, -0.15) is 15.8 Å². The molecule has 0 aromatic rings. The minimum absolute atomic E-state index is 1.29. The third kappa shape index (κ3) is 7.94. The van der Waals surface area contributed by atoms with Gasteiger partial charge in [0.25, 0.3) is 0 Å². The summed E-state index contributed by atoms with van der Waals surface area (Å²) in [6, 6.07) is 4.33. The maximum Gasteiger partial charge on any atom is 0.335 e. The lowest BCUT2D eigenvalue weighted by Gasteiger charge is -1.83. The number of carboxylic acid groups (broad SMARTS) is 1. The van der Waals surface area contributed by atoms with Crippen LogP contribution in [0.2, 0.25) is 0 Å². The quantitative estimate of drug-likeness (QED) is 0.578. The van der Waals surface area contributed by atoms with Gasteiger partial charge in [0, 0.05) is 6.92 Å². The van der Waals surface area contributed by atoms with Crippen molar-refractivity contribution in [3.8, 4) is 18.2 Å². The van der Waals surface area contributed by atoms with Gasteiger partial charge >= 0.3 is 5.97 Å². The van der Waals surface area contributed by atoms with Gasteiger partial charge in [-0.05, 0) is 0 Å². The van der Waals surface area contributed by atoms with E-state index >= 15 is 0 Å². The Bertz CT molecular complexity index is 226. The SMILES string of the molecule is CC#N.N#CC(C#N)C(=O)O. The molecular formula is C6H5N3O2. The van der Waals surface area contributed by atoms with Gasteiger partial charge in [0.1, 0.15) is 0 Å². The Morgan fingerprint density at radius 2 is 1.64 bits per heavy atom. The number of nitriles is 3. The molecular weight excluding hydrogens is 146 g/mol. The highest BCUT2D eigenvalue weighted by Crippen LogP contribution is 1.88. The molecule has 0 aromatic carbocycles. The summed E-state index contributed by atoms with van der Waals surface area (Å²) in [6.45, 7) is 1.43. The number of carboxylic acids is 1. The Morgan fingerprint density at radius 1 is 1.36 bits per heavy atom. The van der Waals surface area contributed by atoms with Gasteiger partial charge in [-0.25, -0.2) is 4.79 Å². The van der Waals surface area contributed by atoms with Crippen LogP contribution in [0.4, 0.5) is 0 Å². The summed E-state index contributed by atoms with van der Waals surface area (Å²) in [7, 11) is 0. The molecule has 0 fully saturated rings. The van der Waals surface area contributed by atoms with Crippen LogP contribution in [-0.2, 0) is 4.79 Å². The number of aliphatic carboxylic acids is 1. The van der Waals surface area contributed by atoms with Crippen LogP contribution in [0.25, 0.3) is 0 Å². The molecule has 0 unspecified atom stereocenters. The van der Waals surface area contributed by atoms with E-state index in [2.05, 4.69) is 0 Å². The molecule has 11 heavy (non-hydrogen) atoms. The number of hydrogen-bond donors (Lipinski definition) is 1. The standard InChI is InChI=1S/C4H2N2O2.C2H3N/c5-1-3(2-6)4(7)8;1-2-3/h3H,(H,7,8);1H3. The van der Waals surface area contributed by atoms with Crippen molar-refractivity contribution in [1.29, 1.82) is 15.8 Å². The highest BCUT2D eigenvalue weighted by Gasteiger charge is 2.13. The maximum atomic E-state index is 9.72. The molecule has 0 atom stereocenters. The minimum atomic E-state index is -1.52. The first-order valence-corrected chi connectivity index (χ1v) is 2.46. The summed E-state index contributed by atoms with van der Waals surface area (Å²) in [6.07, 6.45) is 0. The first-order valence-electron chi connectivity index (χ1n) is 2.46. The minimum Gasteiger partial charge on any atom is -0.479 e. The van der Waals surface area contributed by atoms with Crippen LogP contribution in [0.1, 0.15) is 6.92 Å². The van der Waals surface area contributed by atoms with Crippen LogP contribution in [0.15, 0.2) is 0 Å². The van der Waals surface area contributed by atoms with Crippen molar-refractivity contribution in [2.45, 2.75) is 6.92 Å². The normalized spacial score (nSPS) is 6.09. The highest BCUT2D eigenvalue weighted by atomic mass is 16.4. The Labute approximate surface area is 63.7 Å². The molecule has 0 heterocycles. The number of rotatable bonds is 1. The monoisotopic (exact) mass is 151 g/mol. The van der Waals surface area contributed by atoms with E-state index in [0.29, 0.717) is 0 Å². The lowest BCUT2D eigenvalue weighted by molar-refractivity contribution is -0.138. The molecule has 0 spiro atoms. The molecule has 0 saturated carbocycles. The van der Waals surface area contributed by atoms with Crippen molar-refractivity contribution in [3.63, 3.8) is 0 Å².